The zero-order valence-corrected chi connectivity index (χ0v) is 9.62. The smallest absolute Gasteiger partial charge is 0.134 e. The summed E-state index contributed by atoms with van der Waals surface area (Å²) in [5, 5.41) is 7.66. The van der Waals surface area contributed by atoms with Crippen molar-refractivity contribution >= 4 is 11.0 Å². The molecule has 1 aromatic heterocycles. The van der Waals surface area contributed by atoms with Crippen LogP contribution in [0.2, 0.25) is 0 Å². The maximum atomic E-state index is 5.70. The van der Waals surface area contributed by atoms with Crippen LogP contribution in [0.25, 0.3) is 11.0 Å². The molecule has 0 atom stereocenters. The average Bonchev–Trinajstić information content (AvgIpc) is 2.71. The number of furan rings is 1. The molecule has 2 rings (SSSR count). The van der Waals surface area contributed by atoms with Crippen LogP contribution in [0.15, 0.2) is 34.7 Å². The Morgan fingerprint density at radius 3 is 2.88 bits per heavy atom. The van der Waals surface area contributed by atoms with Crippen molar-refractivity contribution < 1.29 is 4.42 Å². The van der Waals surface area contributed by atoms with Gasteiger partial charge in [-0.25, -0.2) is 0 Å². The summed E-state index contributed by atoms with van der Waals surface area (Å²) in [6.45, 7) is 2.86. The highest BCUT2D eigenvalue weighted by molar-refractivity contribution is 5.77. The molecular weight excluding hydrogens is 200 g/mol. The molecule has 0 fully saturated rings. The van der Waals surface area contributed by atoms with E-state index >= 15 is 0 Å². The lowest BCUT2D eigenvalue weighted by molar-refractivity contribution is 0.508. The first-order valence-corrected chi connectivity index (χ1v) is 5.73. The molecule has 1 heterocycles. The number of benzene rings is 1. The summed E-state index contributed by atoms with van der Waals surface area (Å²) in [5.74, 6) is 1.01. The Hall–Kier alpha value is -1.32. The molecule has 86 valence electrons. The second-order valence-electron chi connectivity index (χ2n) is 3.88. The summed E-state index contributed by atoms with van der Waals surface area (Å²) >= 11 is 0. The van der Waals surface area contributed by atoms with Crippen molar-refractivity contribution in [3.05, 3.63) is 36.1 Å². The van der Waals surface area contributed by atoms with Crippen LogP contribution in [-0.4, -0.2) is 20.1 Å². The van der Waals surface area contributed by atoms with Crippen LogP contribution in [0, 0.1) is 0 Å². The second-order valence-corrected chi connectivity index (χ2v) is 3.88. The average molecular weight is 218 g/mol. The van der Waals surface area contributed by atoms with Gasteiger partial charge in [0.05, 0.1) is 6.54 Å². The van der Waals surface area contributed by atoms with Gasteiger partial charge in [-0.2, -0.15) is 0 Å². The molecule has 0 radical (unpaired) electrons. The number of hydrogen-bond acceptors (Lipinski definition) is 3. The van der Waals surface area contributed by atoms with E-state index in [0.29, 0.717) is 0 Å². The highest BCUT2D eigenvalue weighted by Gasteiger charge is 2.01. The summed E-state index contributed by atoms with van der Waals surface area (Å²) in [6.07, 6.45) is 1.14. The lowest BCUT2D eigenvalue weighted by atomic mass is 10.2. The van der Waals surface area contributed by atoms with E-state index in [1.54, 1.807) is 0 Å². The Morgan fingerprint density at radius 1 is 1.19 bits per heavy atom. The Bertz CT molecular complexity index is 403. The molecule has 2 N–H and O–H groups in total. The molecule has 16 heavy (non-hydrogen) atoms. The highest BCUT2D eigenvalue weighted by atomic mass is 16.3. The van der Waals surface area contributed by atoms with Crippen molar-refractivity contribution in [3.63, 3.8) is 0 Å². The molecule has 0 aliphatic carbocycles. The van der Waals surface area contributed by atoms with E-state index in [0.717, 1.165) is 37.4 Å². The van der Waals surface area contributed by atoms with Gasteiger partial charge in [-0.05, 0) is 38.7 Å². The first kappa shape index (κ1) is 11.2. The van der Waals surface area contributed by atoms with Crippen LogP contribution in [0.5, 0.6) is 0 Å². The fraction of sp³-hybridized carbons (Fsp3) is 0.385. The standard InChI is InChI=1S/C13H18N2O/c1-14-7-4-8-15-10-12-9-11-5-2-3-6-13(11)16-12/h2-3,5-6,9,14-15H,4,7-8,10H2,1H3. The van der Waals surface area contributed by atoms with E-state index in [-0.39, 0.29) is 0 Å². The number of fused-ring (bicyclic) bond motifs is 1. The van der Waals surface area contributed by atoms with Crippen molar-refractivity contribution in [1.82, 2.24) is 10.6 Å². The largest absolute Gasteiger partial charge is 0.460 e. The fourth-order valence-corrected chi connectivity index (χ4v) is 1.73. The van der Waals surface area contributed by atoms with Crippen LogP contribution >= 0.6 is 0 Å². The van der Waals surface area contributed by atoms with E-state index < -0.39 is 0 Å². The van der Waals surface area contributed by atoms with Gasteiger partial charge >= 0.3 is 0 Å². The van der Waals surface area contributed by atoms with Crippen molar-refractivity contribution in [1.29, 1.82) is 0 Å². The van der Waals surface area contributed by atoms with Gasteiger partial charge in [0.15, 0.2) is 0 Å². The lowest BCUT2D eigenvalue weighted by Crippen LogP contribution is -2.19. The van der Waals surface area contributed by atoms with Crippen LogP contribution in [-0.2, 0) is 6.54 Å². The summed E-state index contributed by atoms with van der Waals surface area (Å²) < 4.78 is 5.70. The van der Waals surface area contributed by atoms with E-state index in [1.807, 2.05) is 25.2 Å². The van der Waals surface area contributed by atoms with Crippen LogP contribution in [0.1, 0.15) is 12.2 Å². The molecule has 0 spiro atoms. The lowest BCUT2D eigenvalue weighted by Gasteiger charge is -2.01. The minimum atomic E-state index is 0.804. The SMILES string of the molecule is CNCCCNCc1cc2ccccc2o1. The second kappa shape index (κ2) is 5.68. The Labute approximate surface area is 95.8 Å². The molecule has 1 aromatic carbocycles. The van der Waals surface area contributed by atoms with Crippen molar-refractivity contribution in [2.24, 2.45) is 0 Å². The van der Waals surface area contributed by atoms with Crippen LogP contribution in [0.3, 0.4) is 0 Å². The number of nitrogens with one attached hydrogen (secondary N) is 2. The first-order valence-electron chi connectivity index (χ1n) is 5.73. The Kier molecular flexibility index (Phi) is 3.97. The van der Waals surface area contributed by atoms with Crippen molar-refractivity contribution in [3.8, 4) is 0 Å². The summed E-state index contributed by atoms with van der Waals surface area (Å²) in [4.78, 5) is 0. The number of hydrogen-bond donors (Lipinski definition) is 2. The molecule has 0 aliphatic heterocycles. The highest BCUT2D eigenvalue weighted by Crippen LogP contribution is 2.18. The number of rotatable bonds is 6. The summed E-state index contributed by atoms with van der Waals surface area (Å²) in [7, 11) is 1.97. The zero-order chi connectivity index (χ0) is 11.2. The molecule has 0 saturated heterocycles. The maximum Gasteiger partial charge on any atom is 0.134 e. The third-order valence-corrected chi connectivity index (χ3v) is 2.56. The molecule has 3 nitrogen and oxygen atoms in total. The summed E-state index contributed by atoms with van der Waals surface area (Å²) in [6, 6.07) is 10.2. The van der Waals surface area contributed by atoms with Crippen molar-refractivity contribution in [2.45, 2.75) is 13.0 Å². The normalized spacial score (nSPS) is 11.1. The minimum Gasteiger partial charge on any atom is -0.460 e. The maximum absolute atomic E-state index is 5.70. The summed E-state index contributed by atoms with van der Waals surface area (Å²) in [5.41, 5.74) is 0.967. The van der Waals surface area contributed by atoms with Crippen LogP contribution in [0.4, 0.5) is 0 Å². The predicted octanol–water partition coefficient (Wildman–Crippen LogP) is 2.13. The minimum absolute atomic E-state index is 0.804. The van der Waals surface area contributed by atoms with Gasteiger partial charge in [0.25, 0.3) is 0 Å². The molecular formula is C13H18N2O. The van der Waals surface area contributed by atoms with Gasteiger partial charge in [0.1, 0.15) is 11.3 Å². The molecule has 3 heteroatoms. The quantitative estimate of drug-likeness (QED) is 0.729. The fourth-order valence-electron chi connectivity index (χ4n) is 1.73. The number of para-hydroxylation sites is 1. The third kappa shape index (κ3) is 2.84. The molecule has 0 bridgehead atoms. The van der Waals surface area contributed by atoms with Gasteiger partial charge < -0.3 is 15.1 Å². The third-order valence-electron chi connectivity index (χ3n) is 2.56. The monoisotopic (exact) mass is 218 g/mol. The van der Waals surface area contributed by atoms with Gasteiger partial charge in [0, 0.05) is 5.39 Å². The molecule has 0 amide bonds. The molecule has 0 aliphatic rings. The van der Waals surface area contributed by atoms with Crippen molar-refractivity contribution in [2.75, 3.05) is 20.1 Å². The Morgan fingerprint density at radius 2 is 2.06 bits per heavy atom. The zero-order valence-electron chi connectivity index (χ0n) is 9.62. The Balaban J connectivity index is 1.85. The van der Waals surface area contributed by atoms with E-state index in [9.17, 15) is 0 Å². The van der Waals surface area contributed by atoms with E-state index in [2.05, 4.69) is 22.8 Å². The van der Waals surface area contributed by atoms with Gasteiger partial charge in [-0.3, -0.25) is 0 Å². The predicted molar refractivity (Wildman–Crippen MR) is 66.5 cm³/mol. The first-order chi connectivity index (χ1) is 7.90. The molecule has 0 saturated carbocycles. The molecule has 0 unspecified atom stereocenters. The topological polar surface area (TPSA) is 37.2 Å². The van der Waals surface area contributed by atoms with Gasteiger partial charge in [-0.1, -0.05) is 18.2 Å². The molecule has 2 aromatic rings. The van der Waals surface area contributed by atoms with Gasteiger partial charge in [-0.15, -0.1) is 0 Å². The van der Waals surface area contributed by atoms with E-state index in [4.69, 9.17) is 4.42 Å². The van der Waals surface area contributed by atoms with Gasteiger partial charge in [0.2, 0.25) is 0 Å². The van der Waals surface area contributed by atoms with E-state index in [1.165, 1.54) is 5.39 Å². The van der Waals surface area contributed by atoms with Crippen LogP contribution < -0.4 is 10.6 Å².